The Morgan fingerprint density at radius 2 is 0.821 bits per heavy atom. The molecule has 0 N–H and O–H groups in total. The molecule has 0 bridgehead atoms. The summed E-state index contributed by atoms with van der Waals surface area (Å²) in [6.45, 7) is 5.35. The van der Waals surface area contributed by atoms with Crippen molar-refractivity contribution < 1.29 is 25.8 Å². The number of halogens is 2. The van der Waals surface area contributed by atoms with Crippen LogP contribution in [-0.2, 0) is 19.7 Å². The molecule has 2 rings (SSSR count). The topological polar surface area (TPSA) is 68.3 Å². The predicted octanol–water partition coefficient (Wildman–Crippen LogP) is 2.31. The van der Waals surface area contributed by atoms with E-state index in [0.29, 0.717) is 13.1 Å². The number of quaternary nitrogens is 2. The zero-order valence-electron chi connectivity index (χ0n) is 17.5. The molecule has 0 radical (unpaired) electrons. The van der Waals surface area contributed by atoms with Crippen LogP contribution in [0.3, 0.4) is 0 Å². The van der Waals surface area contributed by atoms with Gasteiger partial charge in [0.05, 0.1) is 76.4 Å². The van der Waals surface area contributed by atoms with Crippen molar-refractivity contribution in [3.8, 4) is 0 Å². The molecule has 2 heterocycles. The molecule has 0 aromatic rings. The number of nitrogens with zero attached hydrogens (tertiary/aromatic N) is 2. The summed E-state index contributed by atoms with van der Waals surface area (Å²) >= 11 is 0. The van der Waals surface area contributed by atoms with E-state index in [1.54, 1.807) is 0 Å². The van der Waals surface area contributed by atoms with E-state index in [-0.39, 0.29) is 71.0 Å². The number of rotatable bonds is 9. The maximum atomic E-state index is 12.4. The zero-order valence-corrected chi connectivity index (χ0v) is 23.8. The fourth-order valence-corrected chi connectivity index (χ4v) is 8.05. The highest BCUT2D eigenvalue weighted by atomic mass is 127. The minimum atomic E-state index is -3.31. The third kappa shape index (κ3) is 10.5. The Bertz CT molecular complexity index is 599. The Morgan fingerprint density at radius 3 is 1.11 bits per heavy atom. The molecule has 2 fully saturated rings. The molecule has 0 aromatic heterocycles. The predicted molar refractivity (Wildman–Crippen MR) is 137 cm³/mol. The maximum absolute atomic E-state index is 12.4. The molecule has 28 heavy (non-hydrogen) atoms. The molecular formula is C18H40I2N2O4S2+2. The minimum Gasteiger partial charge on any atom is -0.325 e. The normalized spacial score (nSPS) is 21.9. The van der Waals surface area contributed by atoms with Gasteiger partial charge < -0.3 is 8.97 Å². The van der Waals surface area contributed by atoms with Crippen molar-refractivity contribution in [2.75, 3.05) is 76.4 Å². The van der Waals surface area contributed by atoms with Gasteiger partial charge in [0.1, 0.15) is 0 Å². The summed E-state index contributed by atoms with van der Waals surface area (Å²) in [4.78, 5) is 0. The lowest BCUT2D eigenvalue weighted by Crippen LogP contribution is -2.51. The van der Waals surface area contributed by atoms with E-state index in [9.17, 15) is 16.8 Å². The first-order valence-corrected chi connectivity index (χ1v) is 13.8. The summed E-state index contributed by atoms with van der Waals surface area (Å²) in [6.07, 6.45) is 7.08. The lowest BCUT2D eigenvalue weighted by molar-refractivity contribution is -0.911. The molecule has 0 unspecified atom stereocenters. The van der Waals surface area contributed by atoms with Crippen molar-refractivity contribution in [1.29, 1.82) is 0 Å². The summed E-state index contributed by atoms with van der Waals surface area (Å²) in [5.41, 5.74) is 0. The second kappa shape index (κ2) is 12.4. The van der Waals surface area contributed by atoms with Crippen LogP contribution in [0.4, 0.5) is 0 Å². The molecule has 0 atom stereocenters. The van der Waals surface area contributed by atoms with Gasteiger partial charge in [-0.3, -0.25) is 0 Å². The van der Waals surface area contributed by atoms with Gasteiger partial charge in [-0.2, -0.15) is 0 Å². The van der Waals surface area contributed by atoms with Crippen LogP contribution in [0.15, 0.2) is 0 Å². The van der Waals surface area contributed by atoms with E-state index in [1.807, 2.05) is 0 Å². The van der Waals surface area contributed by atoms with E-state index >= 15 is 0 Å². The Balaban J connectivity index is 0.00000364. The SMILES string of the molecule is C[N+]1(CCS(=O)(=O)CCS(=O)(=O)CC[N+]2(C)CCCCC2)CCCCC1.I.I. The Morgan fingerprint density at radius 1 is 0.536 bits per heavy atom. The Kier molecular flexibility index (Phi) is 12.9. The van der Waals surface area contributed by atoms with Gasteiger partial charge in [-0.15, -0.1) is 48.0 Å². The number of hydrogen-bond acceptors (Lipinski definition) is 4. The van der Waals surface area contributed by atoms with Crippen molar-refractivity contribution >= 4 is 67.6 Å². The molecule has 6 nitrogen and oxygen atoms in total. The zero-order chi connectivity index (χ0) is 19.3. The van der Waals surface area contributed by atoms with E-state index in [2.05, 4.69) is 14.1 Å². The summed E-state index contributed by atoms with van der Waals surface area (Å²) in [5, 5.41) is 0. The molecule has 0 spiro atoms. The molecule has 0 aromatic carbocycles. The van der Waals surface area contributed by atoms with Gasteiger partial charge in [0.25, 0.3) is 0 Å². The van der Waals surface area contributed by atoms with Gasteiger partial charge in [0.15, 0.2) is 19.7 Å². The molecule has 0 aliphatic carbocycles. The van der Waals surface area contributed by atoms with Crippen molar-refractivity contribution in [2.45, 2.75) is 38.5 Å². The van der Waals surface area contributed by atoms with Gasteiger partial charge in [0.2, 0.25) is 0 Å². The number of piperidine rings is 2. The second-order valence-electron chi connectivity index (χ2n) is 9.01. The van der Waals surface area contributed by atoms with Crippen LogP contribution in [0.1, 0.15) is 38.5 Å². The van der Waals surface area contributed by atoms with E-state index in [0.717, 1.165) is 60.8 Å². The van der Waals surface area contributed by atoms with Gasteiger partial charge >= 0.3 is 0 Å². The fourth-order valence-electron chi connectivity index (χ4n) is 4.18. The summed E-state index contributed by atoms with van der Waals surface area (Å²) < 4.78 is 51.0. The molecule has 0 saturated carbocycles. The molecule has 2 aliphatic rings. The highest BCUT2D eigenvalue weighted by Gasteiger charge is 2.30. The number of hydrogen-bond donors (Lipinski definition) is 0. The largest absolute Gasteiger partial charge is 0.325 e. The standard InChI is InChI=1S/C18H38N2O4S2.2HI/c1-19(9-5-3-6-10-19)13-15-25(21,22)17-18-26(23,24)16-14-20(2)11-7-4-8-12-20;;/h3-18H2,1-2H3;2*1H/q+2;;. The highest BCUT2D eigenvalue weighted by Crippen LogP contribution is 2.17. The number of likely N-dealkylation sites (tertiary alicyclic amines) is 2. The average Bonchev–Trinajstić information content (AvgIpc) is 2.59. The average molecular weight is 666 g/mol. The van der Waals surface area contributed by atoms with Crippen molar-refractivity contribution in [2.24, 2.45) is 0 Å². The fraction of sp³-hybridized carbons (Fsp3) is 1.00. The van der Waals surface area contributed by atoms with Gasteiger partial charge in [-0.25, -0.2) is 16.8 Å². The van der Waals surface area contributed by atoms with E-state index in [4.69, 9.17) is 0 Å². The monoisotopic (exact) mass is 666 g/mol. The maximum Gasteiger partial charge on any atom is 0.156 e. The smallest absolute Gasteiger partial charge is 0.156 e. The highest BCUT2D eigenvalue weighted by molar-refractivity contribution is 14.0. The molecule has 2 saturated heterocycles. The van der Waals surface area contributed by atoms with Crippen LogP contribution in [-0.4, -0.2) is 102 Å². The Labute approximate surface area is 206 Å². The molecular weight excluding hydrogens is 626 g/mol. The third-order valence-electron chi connectivity index (χ3n) is 6.38. The first-order valence-electron chi connectivity index (χ1n) is 10.1. The lowest BCUT2D eigenvalue weighted by atomic mass is 10.1. The van der Waals surface area contributed by atoms with Crippen LogP contribution in [0.25, 0.3) is 0 Å². The van der Waals surface area contributed by atoms with Crippen molar-refractivity contribution in [3.63, 3.8) is 0 Å². The lowest BCUT2D eigenvalue weighted by Gasteiger charge is -2.37. The van der Waals surface area contributed by atoms with Gasteiger partial charge in [-0.1, -0.05) is 0 Å². The molecule has 2 aliphatic heterocycles. The van der Waals surface area contributed by atoms with E-state index in [1.165, 1.54) is 12.8 Å². The van der Waals surface area contributed by atoms with Crippen LogP contribution < -0.4 is 0 Å². The van der Waals surface area contributed by atoms with Crippen molar-refractivity contribution in [3.05, 3.63) is 0 Å². The van der Waals surface area contributed by atoms with E-state index < -0.39 is 19.7 Å². The second-order valence-corrected chi connectivity index (χ2v) is 13.6. The van der Waals surface area contributed by atoms with Crippen LogP contribution >= 0.6 is 48.0 Å². The minimum absolute atomic E-state index is 0. The quantitative estimate of drug-likeness (QED) is 0.280. The van der Waals surface area contributed by atoms with Gasteiger partial charge in [-0.05, 0) is 38.5 Å². The third-order valence-corrected chi connectivity index (χ3v) is 9.90. The van der Waals surface area contributed by atoms with Crippen LogP contribution in [0, 0.1) is 0 Å². The Hall–Kier alpha value is 1.28. The summed E-state index contributed by atoms with van der Waals surface area (Å²) in [5.74, 6) is -0.238. The first kappa shape index (κ1) is 29.3. The summed E-state index contributed by atoms with van der Waals surface area (Å²) in [7, 11) is -2.38. The van der Waals surface area contributed by atoms with Crippen molar-refractivity contribution in [1.82, 2.24) is 0 Å². The summed E-state index contributed by atoms with van der Waals surface area (Å²) in [6, 6.07) is 0. The number of sulfone groups is 2. The molecule has 170 valence electrons. The molecule has 10 heteroatoms. The molecule has 0 amide bonds. The van der Waals surface area contributed by atoms with Crippen LogP contribution in [0.2, 0.25) is 0 Å². The van der Waals surface area contributed by atoms with Gasteiger partial charge in [0, 0.05) is 0 Å². The van der Waals surface area contributed by atoms with Crippen LogP contribution in [0.5, 0.6) is 0 Å². The first-order chi connectivity index (χ1) is 12.0.